The van der Waals surface area contributed by atoms with Gasteiger partial charge in [-0.3, -0.25) is 0 Å². The number of alkyl halides is 2. The van der Waals surface area contributed by atoms with Crippen LogP contribution in [0, 0.1) is 23.6 Å². The number of benzene rings is 2. The Morgan fingerprint density at radius 2 is 1.55 bits per heavy atom. The zero-order valence-corrected chi connectivity index (χ0v) is 22.9. The van der Waals surface area contributed by atoms with E-state index in [9.17, 15) is 13.2 Å². The van der Waals surface area contributed by atoms with Gasteiger partial charge in [-0.05, 0) is 110 Å². The van der Waals surface area contributed by atoms with Crippen molar-refractivity contribution in [2.75, 3.05) is 6.61 Å². The fourth-order valence-corrected chi connectivity index (χ4v) is 6.12. The van der Waals surface area contributed by atoms with E-state index in [1.807, 2.05) is 12.1 Å². The Kier molecular flexibility index (Phi) is 10.2. The molecule has 2 saturated carbocycles. The van der Waals surface area contributed by atoms with Gasteiger partial charge in [0.2, 0.25) is 0 Å². The highest BCUT2D eigenvalue weighted by molar-refractivity contribution is 5.50. The van der Waals surface area contributed by atoms with Crippen molar-refractivity contribution < 1.29 is 22.6 Å². The summed E-state index contributed by atoms with van der Waals surface area (Å²) in [5.74, 6) is 1.64. The van der Waals surface area contributed by atoms with Gasteiger partial charge >= 0.3 is 6.11 Å². The molecule has 0 unspecified atom stereocenters. The van der Waals surface area contributed by atoms with E-state index in [1.165, 1.54) is 57.1 Å². The van der Waals surface area contributed by atoms with Crippen LogP contribution >= 0.6 is 0 Å². The summed E-state index contributed by atoms with van der Waals surface area (Å²) >= 11 is 0. The standard InChI is InChI=1S/C33H43F3O2/c1-3-5-25-6-8-26(9-7-25)10-11-27-14-19-30(20-15-27)37-23-33(35,36)38-32-21-18-29(22-31(32)34)28-16-12-24(4-2)13-17-28/h10-11,14-15,18-22,24-26,28H,3-9,12-13,16-17,23H2,1-2H3. The van der Waals surface area contributed by atoms with Gasteiger partial charge in [0.05, 0.1) is 0 Å². The molecule has 0 N–H and O–H groups in total. The van der Waals surface area contributed by atoms with E-state index < -0.39 is 24.3 Å². The number of allylic oxidation sites excluding steroid dienone is 1. The van der Waals surface area contributed by atoms with Crippen LogP contribution in [0.3, 0.4) is 0 Å². The molecule has 5 heteroatoms. The number of halogens is 3. The van der Waals surface area contributed by atoms with E-state index in [1.54, 1.807) is 18.2 Å². The van der Waals surface area contributed by atoms with E-state index >= 15 is 0 Å². The van der Waals surface area contributed by atoms with Crippen molar-refractivity contribution in [3.05, 3.63) is 65.5 Å². The summed E-state index contributed by atoms with van der Waals surface area (Å²) in [5.41, 5.74) is 1.88. The van der Waals surface area contributed by atoms with Crippen molar-refractivity contribution >= 4 is 6.08 Å². The maximum atomic E-state index is 14.6. The maximum Gasteiger partial charge on any atom is 0.433 e. The van der Waals surface area contributed by atoms with E-state index in [2.05, 4.69) is 26.0 Å². The van der Waals surface area contributed by atoms with Crippen LogP contribution in [0.4, 0.5) is 13.2 Å². The highest BCUT2D eigenvalue weighted by Crippen LogP contribution is 2.38. The van der Waals surface area contributed by atoms with Gasteiger partial charge in [-0.2, -0.15) is 8.78 Å². The van der Waals surface area contributed by atoms with Gasteiger partial charge < -0.3 is 9.47 Å². The molecule has 0 aromatic heterocycles. The van der Waals surface area contributed by atoms with Gasteiger partial charge in [-0.1, -0.05) is 63.5 Å². The lowest BCUT2D eigenvalue weighted by Gasteiger charge is -2.28. The summed E-state index contributed by atoms with van der Waals surface area (Å²) < 4.78 is 53.6. The van der Waals surface area contributed by atoms with Gasteiger partial charge in [0, 0.05) is 0 Å². The van der Waals surface area contributed by atoms with Gasteiger partial charge in [0.1, 0.15) is 5.75 Å². The second-order valence-electron chi connectivity index (χ2n) is 11.3. The molecule has 0 bridgehead atoms. The fraction of sp³-hybridized carbons (Fsp3) is 0.576. The first-order valence-corrected chi connectivity index (χ1v) is 14.6. The molecule has 208 valence electrons. The third-order valence-electron chi connectivity index (χ3n) is 8.55. The third-order valence-corrected chi connectivity index (χ3v) is 8.55. The molecule has 0 spiro atoms. The molecular weight excluding hydrogens is 485 g/mol. The summed E-state index contributed by atoms with van der Waals surface area (Å²) in [5, 5.41) is 0. The van der Waals surface area contributed by atoms with E-state index in [0.717, 1.165) is 48.6 Å². The zero-order valence-electron chi connectivity index (χ0n) is 22.9. The Morgan fingerprint density at radius 3 is 2.18 bits per heavy atom. The fourth-order valence-electron chi connectivity index (χ4n) is 6.12. The summed E-state index contributed by atoms with van der Waals surface area (Å²) in [6.07, 6.45) is 13.9. The molecule has 0 saturated heterocycles. The molecule has 0 aliphatic heterocycles. The molecule has 38 heavy (non-hydrogen) atoms. The van der Waals surface area contributed by atoms with Crippen molar-refractivity contribution in [3.63, 3.8) is 0 Å². The van der Waals surface area contributed by atoms with Crippen molar-refractivity contribution in [1.82, 2.24) is 0 Å². The van der Waals surface area contributed by atoms with Crippen LogP contribution in [0.25, 0.3) is 6.08 Å². The summed E-state index contributed by atoms with van der Waals surface area (Å²) in [6, 6.07) is 11.5. The highest BCUT2D eigenvalue weighted by Gasteiger charge is 2.34. The van der Waals surface area contributed by atoms with Crippen LogP contribution in [0.5, 0.6) is 11.5 Å². The normalized spacial score (nSPS) is 24.4. The summed E-state index contributed by atoms with van der Waals surface area (Å²) in [7, 11) is 0. The second-order valence-corrected chi connectivity index (χ2v) is 11.3. The van der Waals surface area contributed by atoms with Crippen LogP contribution in [-0.4, -0.2) is 12.7 Å². The largest absolute Gasteiger partial charge is 0.483 e. The average molecular weight is 529 g/mol. The van der Waals surface area contributed by atoms with Crippen molar-refractivity contribution in [2.45, 2.75) is 96.5 Å². The van der Waals surface area contributed by atoms with Gasteiger partial charge in [0.15, 0.2) is 18.2 Å². The van der Waals surface area contributed by atoms with Crippen molar-refractivity contribution in [1.29, 1.82) is 0 Å². The van der Waals surface area contributed by atoms with Crippen molar-refractivity contribution in [2.24, 2.45) is 17.8 Å². The minimum Gasteiger partial charge on any atom is -0.483 e. The lowest BCUT2D eigenvalue weighted by atomic mass is 9.78. The lowest BCUT2D eigenvalue weighted by Crippen LogP contribution is -2.32. The minimum atomic E-state index is -3.66. The molecule has 2 aromatic rings. The molecule has 2 aliphatic carbocycles. The molecule has 2 nitrogen and oxygen atoms in total. The summed E-state index contributed by atoms with van der Waals surface area (Å²) in [4.78, 5) is 0. The van der Waals surface area contributed by atoms with Gasteiger partial charge in [0.25, 0.3) is 0 Å². The van der Waals surface area contributed by atoms with Crippen molar-refractivity contribution in [3.8, 4) is 11.5 Å². The second kappa shape index (κ2) is 13.6. The molecule has 0 radical (unpaired) electrons. The minimum absolute atomic E-state index is 0.281. The predicted molar refractivity (Wildman–Crippen MR) is 148 cm³/mol. The lowest BCUT2D eigenvalue weighted by molar-refractivity contribution is -0.196. The third kappa shape index (κ3) is 8.28. The quantitative estimate of drug-likeness (QED) is 0.289. The first-order valence-electron chi connectivity index (χ1n) is 14.6. The Bertz CT molecular complexity index is 1020. The monoisotopic (exact) mass is 528 g/mol. The topological polar surface area (TPSA) is 18.5 Å². The first kappa shape index (κ1) is 28.6. The first-order chi connectivity index (χ1) is 18.3. The Hall–Kier alpha value is -2.43. The van der Waals surface area contributed by atoms with Gasteiger partial charge in [-0.15, -0.1) is 0 Å². The molecule has 0 heterocycles. The average Bonchev–Trinajstić information content (AvgIpc) is 2.93. The molecular formula is C33H43F3O2. The smallest absolute Gasteiger partial charge is 0.433 e. The molecule has 2 fully saturated rings. The Balaban J connectivity index is 1.24. The van der Waals surface area contributed by atoms with Crippen LogP contribution in [0.2, 0.25) is 0 Å². The predicted octanol–water partition coefficient (Wildman–Crippen LogP) is 10.2. The molecule has 0 atom stereocenters. The van der Waals surface area contributed by atoms with Crippen LogP contribution in [0.1, 0.15) is 102 Å². The zero-order chi connectivity index (χ0) is 27.0. The Labute approximate surface area is 226 Å². The highest BCUT2D eigenvalue weighted by atomic mass is 19.3. The molecule has 0 amide bonds. The number of hydrogen-bond acceptors (Lipinski definition) is 2. The van der Waals surface area contributed by atoms with E-state index in [4.69, 9.17) is 9.47 Å². The van der Waals surface area contributed by atoms with E-state index in [-0.39, 0.29) is 5.92 Å². The molecule has 2 aliphatic rings. The van der Waals surface area contributed by atoms with Crippen LogP contribution in [0.15, 0.2) is 48.5 Å². The van der Waals surface area contributed by atoms with E-state index in [0.29, 0.717) is 11.7 Å². The number of ether oxygens (including phenoxy) is 2. The molecule has 2 aromatic carbocycles. The summed E-state index contributed by atoms with van der Waals surface area (Å²) in [6.45, 7) is 3.46. The van der Waals surface area contributed by atoms with Crippen LogP contribution in [-0.2, 0) is 0 Å². The molecule has 4 rings (SSSR count). The SMILES string of the molecule is CCCC1CCC(C=Cc2ccc(OCC(F)(F)Oc3ccc(C4CCC(CC)CC4)cc3F)cc2)CC1. The Morgan fingerprint density at radius 1 is 0.868 bits per heavy atom. The number of rotatable bonds is 11. The maximum absolute atomic E-state index is 14.6. The number of hydrogen-bond donors (Lipinski definition) is 0. The van der Waals surface area contributed by atoms with Gasteiger partial charge in [-0.25, -0.2) is 4.39 Å². The van der Waals surface area contributed by atoms with Crippen LogP contribution < -0.4 is 9.47 Å².